The number of hydrogen-bond acceptors (Lipinski definition) is 3. The van der Waals surface area contributed by atoms with Crippen LogP contribution in [0.3, 0.4) is 0 Å². The molecular weight excluding hydrogens is 250 g/mol. The molecule has 0 aliphatic carbocycles. The molecule has 2 N–H and O–H groups in total. The summed E-state index contributed by atoms with van der Waals surface area (Å²) in [7, 11) is -1.47. The lowest BCUT2D eigenvalue weighted by Gasteiger charge is -2.30. The molecule has 102 valence electrons. The first-order valence-electron chi connectivity index (χ1n) is 6.36. The van der Waals surface area contributed by atoms with Crippen molar-refractivity contribution in [3.63, 3.8) is 0 Å². The molecule has 0 amide bonds. The Morgan fingerprint density at radius 1 is 1.39 bits per heavy atom. The Morgan fingerprint density at radius 3 is 2.56 bits per heavy atom. The summed E-state index contributed by atoms with van der Waals surface area (Å²) in [6.07, 6.45) is 6.25. The highest BCUT2D eigenvalue weighted by molar-refractivity contribution is 7.89. The topological polar surface area (TPSA) is 68.3 Å². The molecule has 18 heavy (non-hydrogen) atoms. The third kappa shape index (κ3) is 2.76. The van der Waals surface area contributed by atoms with Crippen molar-refractivity contribution < 1.29 is 8.42 Å². The molecule has 1 fully saturated rings. The fourth-order valence-corrected chi connectivity index (χ4v) is 3.98. The van der Waals surface area contributed by atoms with Gasteiger partial charge in [0, 0.05) is 32.5 Å². The molecule has 0 bridgehead atoms. The van der Waals surface area contributed by atoms with E-state index in [2.05, 4.69) is 0 Å². The highest BCUT2D eigenvalue weighted by atomic mass is 32.2. The minimum Gasteiger partial charge on any atom is -0.356 e. The number of piperidine rings is 1. The first-order chi connectivity index (χ1) is 8.54. The molecule has 0 spiro atoms. The molecule has 0 atom stereocenters. The van der Waals surface area contributed by atoms with E-state index in [9.17, 15) is 8.42 Å². The predicted molar refractivity (Wildman–Crippen MR) is 70.6 cm³/mol. The van der Waals surface area contributed by atoms with E-state index in [4.69, 9.17) is 5.73 Å². The zero-order valence-electron chi connectivity index (χ0n) is 10.7. The Kier molecular flexibility index (Phi) is 4.09. The fraction of sp³-hybridized carbons (Fsp3) is 0.667. The number of nitrogens with two attached hydrogens (primary N) is 1. The first kappa shape index (κ1) is 13.6. The summed E-state index contributed by atoms with van der Waals surface area (Å²) in [5.74, 6) is 0.581. The average Bonchev–Trinajstić information content (AvgIpc) is 2.78. The van der Waals surface area contributed by atoms with E-state index < -0.39 is 10.0 Å². The van der Waals surface area contributed by atoms with Crippen molar-refractivity contribution in [3.8, 4) is 0 Å². The van der Waals surface area contributed by atoms with Crippen LogP contribution in [0.2, 0.25) is 0 Å². The van der Waals surface area contributed by atoms with Crippen LogP contribution in [0, 0.1) is 5.92 Å². The van der Waals surface area contributed by atoms with Crippen LogP contribution in [-0.4, -0.2) is 36.9 Å². The van der Waals surface area contributed by atoms with E-state index in [0.29, 0.717) is 30.4 Å². The second-order valence-corrected chi connectivity index (χ2v) is 6.88. The smallest absolute Gasteiger partial charge is 0.244 e. The molecule has 1 aromatic rings. The van der Waals surface area contributed by atoms with Gasteiger partial charge in [-0.2, -0.15) is 4.31 Å². The molecule has 5 nitrogen and oxygen atoms in total. The minimum atomic E-state index is -3.30. The first-order valence-corrected chi connectivity index (χ1v) is 7.80. The van der Waals surface area contributed by atoms with Gasteiger partial charge in [0.05, 0.1) is 4.90 Å². The van der Waals surface area contributed by atoms with E-state index in [-0.39, 0.29) is 0 Å². The van der Waals surface area contributed by atoms with Crippen molar-refractivity contribution in [2.75, 3.05) is 19.6 Å². The van der Waals surface area contributed by atoms with Crippen LogP contribution in [0.5, 0.6) is 0 Å². The Labute approximate surface area is 109 Å². The average molecular weight is 271 g/mol. The molecule has 1 aromatic heterocycles. The van der Waals surface area contributed by atoms with Gasteiger partial charge in [0.1, 0.15) is 0 Å². The maximum absolute atomic E-state index is 12.4. The van der Waals surface area contributed by atoms with Crippen LogP contribution in [-0.2, 0) is 17.1 Å². The number of nitrogens with zero attached hydrogens (tertiary/aromatic N) is 2. The number of rotatable bonds is 4. The maximum atomic E-state index is 12.4. The molecule has 0 saturated carbocycles. The third-order valence-corrected chi connectivity index (χ3v) is 5.47. The Bertz CT molecular complexity index is 487. The summed E-state index contributed by atoms with van der Waals surface area (Å²) in [6, 6.07) is 1.65. The van der Waals surface area contributed by atoms with E-state index >= 15 is 0 Å². The molecule has 2 rings (SSSR count). The van der Waals surface area contributed by atoms with Gasteiger partial charge in [-0.05, 0) is 37.8 Å². The van der Waals surface area contributed by atoms with Crippen LogP contribution in [0.25, 0.3) is 0 Å². The number of aromatic nitrogens is 1. The third-order valence-electron chi connectivity index (χ3n) is 3.59. The van der Waals surface area contributed by atoms with Crippen LogP contribution in [0.1, 0.15) is 19.3 Å². The predicted octanol–water partition coefficient (Wildman–Crippen LogP) is 0.775. The van der Waals surface area contributed by atoms with Gasteiger partial charge in [-0.25, -0.2) is 8.42 Å². The Balaban J connectivity index is 2.05. The summed E-state index contributed by atoms with van der Waals surface area (Å²) in [4.78, 5) is 0.391. The lowest BCUT2D eigenvalue weighted by atomic mass is 9.95. The highest BCUT2D eigenvalue weighted by Gasteiger charge is 2.29. The van der Waals surface area contributed by atoms with Crippen molar-refractivity contribution >= 4 is 10.0 Å². The Hall–Kier alpha value is -0.850. The zero-order chi connectivity index (χ0) is 13.2. The summed E-state index contributed by atoms with van der Waals surface area (Å²) >= 11 is 0. The van der Waals surface area contributed by atoms with E-state index in [1.165, 1.54) is 0 Å². The second kappa shape index (κ2) is 5.42. The maximum Gasteiger partial charge on any atom is 0.244 e. The lowest BCUT2D eigenvalue weighted by molar-refractivity contribution is 0.266. The van der Waals surface area contributed by atoms with Gasteiger partial charge in [0.15, 0.2) is 0 Å². The molecule has 6 heteroatoms. The quantitative estimate of drug-likeness (QED) is 0.879. The largest absolute Gasteiger partial charge is 0.356 e. The SMILES string of the molecule is Cn1ccc(S(=O)(=O)N2CCC(CCN)CC2)c1. The fourth-order valence-electron chi connectivity index (χ4n) is 2.45. The minimum absolute atomic E-state index is 0.391. The molecule has 1 aliphatic rings. The van der Waals surface area contributed by atoms with Crippen molar-refractivity contribution in [2.45, 2.75) is 24.2 Å². The van der Waals surface area contributed by atoms with Crippen molar-refractivity contribution in [1.29, 1.82) is 0 Å². The lowest BCUT2D eigenvalue weighted by Crippen LogP contribution is -2.38. The van der Waals surface area contributed by atoms with Crippen molar-refractivity contribution in [1.82, 2.24) is 8.87 Å². The molecule has 1 saturated heterocycles. The normalized spacial score (nSPS) is 19.2. The summed E-state index contributed by atoms with van der Waals surface area (Å²) < 4.78 is 28.1. The van der Waals surface area contributed by atoms with Crippen LogP contribution < -0.4 is 5.73 Å². The number of aryl methyl sites for hydroxylation is 1. The van der Waals surface area contributed by atoms with Gasteiger partial charge in [0.25, 0.3) is 0 Å². The van der Waals surface area contributed by atoms with Gasteiger partial charge in [-0.15, -0.1) is 0 Å². The van der Waals surface area contributed by atoms with Crippen molar-refractivity contribution in [2.24, 2.45) is 18.7 Å². The monoisotopic (exact) mass is 271 g/mol. The van der Waals surface area contributed by atoms with E-state index in [0.717, 1.165) is 19.3 Å². The second-order valence-electron chi connectivity index (χ2n) is 4.94. The van der Waals surface area contributed by atoms with Crippen LogP contribution >= 0.6 is 0 Å². The van der Waals surface area contributed by atoms with Gasteiger partial charge < -0.3 is 10.3 Å². The standard InChI is InChI=1S/C12H21N3O2S/c1-14-7-5-12(10-14)18(16,17)15-8-3-11(2-6-13)4-9-15/h5,7,10-11H,2-4,6,8-9,13H2,1H3. The van der Waals surface area contributed by atoms with Gasteiger partial charge >= 0.3 is 0 Å². The molecular formula is C12H21N3O2S. The molecule has 2 heterocycles. The molecule has 1 aliphatic heterocycles. The summed E-state index contributed by atoms with van der Waals surface area (Å²) in [5, 5.41) is 0. The highest BCUT2D eigenvalue weighted by Crippen LogP contribution is 2.25. The van der Waals surface area contributed by atoms with Gasteiger partial charge in [-0.1, -0.05) is 0 Å². The van der Waals surface area contributed by atoms with Gasteiger partial charge in [0.2, 0.25) is 10.0 Å². The number of hydrogen-bond donors (Lipinski definition) is 1. The Morgan fingerprint density at radius 2 is 2.06 bits per heavy atom. The molecule has 0 aromatic carbocycles. The van der Waals surface area contributed by atoms with E-state index in [1.807, 2.05) is 7.05 Å². The van der Waals surface area contributed by atoms with Crippen molar-refractivity contribution in [3.05, 3.63) is 18.5 Å². The zero-order valence-corrected chi connectivity index (χ0v) is 11.6. The van der Waals surface area contributed by atoms with E-state index in [1.54, 1.807) is 27.3 Å². The molecule has 0 unspecified atom stereocenters. The van der Waals surface area contributed by atoms with Gasteiger partial charge in [-0.3, -0.25) is 0 Å². The number of sulfonamides is 1. The van der Waals surface area contributed by atoms with Crippen LogP contribution in [0.15, 0.2) is 23.4 Å². The molecule has 0 radical (unpaired) electrons. The summed E-state index contributed by atoms with van der Waals surface area (Å²) in [5.41, 5.74) is 5.54. The summed E-state index contributed by atoms with van der Waals surface area (Å²) in [6.45, 7) is 1.92. The van der Waals surface area contributed by atoms with Crippen LogP contribution in [0.4, 0.5) is 0 Å².